The highest BCUT2D eigenvalue weighted by molar-refractivity contribution is 7.16. The highest BCUT2D eigenvalue weighted by Gasteiger charge is 2.16. The fraction of sp³-hybridized carbons (Fsp3) is 0.182. The normalized spacial score (nSPS) is 11.9. The van der Waals surface area contributed by atoms with Crippen molar-refractivity contribution in [3.05, 3.63) is 75.1 Å². The van der Waals surface area contributed by atoms with Crippen molar-refractivity contribution in [3.63, 3.8) is 0 Å². The molecule has 8 heteroatoms. The minimum Gasteiger partial charge on any atom is -0.496 e. The second-order valence-corrected chi connectivity index (χ2v) is 7.77. The van der Waals surface area contributed by atoms with Gasteiger partial charge in [0.05, 0.1) is 27.8 Å². The number of carbonyl (C=O) groups excluding carboxylic acids is 1. The topological polar surface area (TPSA) is 86.7 Å². The van der Waals surface area contributed by atoms with Crippen LogP contribution in [0.15, 0.2) is 59.6 Å². The number of methoxy groups -OCH3 is 1. The van der Waals surface area contributed by atoms with Crippen molar-refractivity contribution in [2.24, 2.45) is 4.99 Å². The number of fused-ring (bicyclic) bond motifs is 2. The molecular weight excluding hydrogens is 402 g/mol. The summed E-state index contributed by atoms with van der Waals surface area (Å²) in [6.45, 7) is 2.68. The number of non-ortho nitro benzene ring substituents is 1. The Morgan fingerprint density at radius 2 is 1.90 bits per heavy atom. The zero-order valence-corrected chi connectivity index (χ0v) is 17.3. The molecule has 0 atom stereocenters. The van der Waals surface area contributed by atoms with E-state index in [1.807, 2.05) is 41.8 Å². The lowest BCUT2D eigenvalue weighted by atomic mass is 10.1. The Hall–Kier alpha value is -3.52. The Bertz CT molecular complexity index is 1350. The third-order valence-electron chi connectivity index (χ3n) is 4.82. The first kappa shape index (κ1) is 19.8. The molecule has 0 aliphatic heterocycles. The van der Waals surface area contributed by atoms with Crippen molar-refractivity contribution in [2.75, 3.05) is 7.11 Å². The summed E-state index contributed by atoms with van der Waals surface area (Å²) in [6, 6.07) is 16.0. The molecule has 0 spiro atoms. The van der Waals surface area contributed by atoms with Gasteiger partial charge in [-0.1, -0.05) is 42.5 Å². The summed E-state index contributed by atoms with van der Waals surface area (Å²) in [6.07, 6.45) is 0.837. The van der Waals surface area contributed by atoms with Crippen LogP contribution in [0.2, 0.25) is 0 Å². The van der Waals surface area contributed by atoms with E-state index in [1.54, 1.807) is 12.1 Å². The van der Waals surface area contributed by atoms with Crippen LogP contribution in [0.25, 0.3) is 21.0 Å². The lowest BCUT2D eigenvalue weighted by molar-refractivity contribution is -0.384. The van der Waals surface area contributed by atoms with E-state index in [9.17, 15) is 14.9 Å². The van der Waals surface area contributed by atoms with Gasteiger partial charge >= 0.3 is 0 Å². The average Bonchev–Trinajstić information content (AvgIpc) is 3.09. The number of nitro benzene ring substituents is 1. The van der Waals surface area contributed by atoms with Gasteiger partial charge in [-0.15, -0.1) is 0 Å². The minimum atomic E-state index is -0.425. The third-order valence-corrected chi connectivity index (χ3v) is 5.86. The molecule has 30 heavy (non-hydrogen) atoms. The lowest BCUT2D eigenvalue weighted by Crippen LogP contribution is -2.17. The monoisotopic (exact) mass is 421 g/mol. The van der Waals surface area contributed by atoms with E-state index in [4.69, 9.17) is 4.74 Å². The van der Waals surface area contributed by atoms with Gasteiger partial charge in [-0.05, 0) is 35.4 Å². The smallest absolute Gasteiger partial charge is 0.283 e. The van der Waals surface area contributed by atoms with Gasteiger partial charge < -0.3 is 9.30 Å². The number of hydrogen-bond donors (Lipinski definition) is 0. The van der Waals surface area contributed by atoms with Gasteiger partial charge in [-0.2, -0.15) is 4.99 Å². The first-order chi connectivity index (χ1) is 14.5. The van der Waals surface area contributed by atoms with Crippen LogP contribution in [0.3, 0.4) is 0 Å². The van der Waals surface area contributed by atoms with Gasteiger partial charge in [0, 0.05) is 18.7 Å². The van der Waals surface area contributed by atoms with Crippen molar-refractivity contribution in [1.82, 2.24) is 4.57 Å². The Labute approximate surface area is 176 Å². The largest absolute Gasteiger partial charge is 0.496 e. The maximum absolute atomic E-state index is 13.1. The molecule has 152 valence electrons. The zero-order valence-electron chi connectivity index (χ0n) is 16.5. The Morgan fingerprint density at radius 1 is 1.17 bits per heavy atom. The highest BCUT2D eigenvalue weighted by Crippen LogP contribution is 2.27. The first-order valence-electron chi connectivity index (χ1n) is 9.45. The van der Waals surface area contributed by atoms with E-state index in [0.717, 1.165) is 27.4 Å². The molecule has 0 N–H and O–H groups in total. The molecule has 0 aliphatic rings. The SMILES string of the molecule is CCCn1c(=NC(=O)c2cc3ccccc3cc2OC)sc2cc([N+](=O)[O-])ccc21. The molecule has 0 saturated carbocycles. The van der Waals surface area contributed by atoms with Gasteiger partial charge in [0.2, 0.25) is 0 Å². The number of hydrogen-bond acceptors (Lipinski definition) is 5. The number of ether oxygens (including phenoxy) is 1. The van der Waals surface area contributed by atoms with Gasteiger partial charge in [0.1, 0.15) is 5.75 Å². The summed E-state index contributed by atoms with van der Waals surface area (Å²) in [7, 11) is 1.52. The quantitative estimate of drug-likeness (QED) is 0.338. The van der Waals surface area contributed by atoms with Crippen molar-refractivity contribution in [2.45, 2.75) is 19.9 Å². The number of benzene rings is 3. The van der Waals surface area contributed by atoms with E-state index in [-0.39, 0.29) is 5.69 Å². The van der Waals surface area contributed by atoms with Gasteiger partial charge in [-0.25, -0.2) is 0 Å². The predicted molar refractivity (Wildman–Crippen MR) is 117 cm³/mol. The minimum absolute atomic E-state index is 0.0153. The Kier molecular flexibility index (Phi) is 5.33. The third kappa shape index (κ3) is 3.57. The summed E-state index contributed by atoms with van der Waals surface area (Å²) in [5, 5.41) is 13.0. The second-order valence-electron chi connectivity index (χ2n) is 6.76. The van der Waals surface area contributed by atoms with Crippen molar-refractivity contribution < 1.29 is 14.5 Å². The number of carbonyl (C=O) groups is 1. The Balaban J connectivity index is 1.88. The molecule has 0 saturated heterocycles. The average molecular weight is 421 g/mol. The van der Waals surface area contributed by atoms with Crippen LogP contribution in [0.5, 0.6) is 5.75 Å². The van der Waals surface area contributed by atoms with Crippen molar-refractivity contribution >= 4 is 43.9 Å². The zero-order chi connectivity index (χ0) is 21.3. The maximum Gasteiger partial charge on any atom is 0.283 e. The van der Waals surface area contributed by atoms with E-state index in [2.05, 4.69) is 4.99 Å². The summed E-state index contributed by atoms with van der Waals surface area (Å²) in [5.41, 5.74) is 1.22. The maximum atomic E-state index is 13.1. The van der Waals surface area contributed by atoms with Crippen molar-refractivity contribution in [1.29, 1.82) is 0 Å². The fourth-order valence-corrected chi connectivity index (χ4v) is 4.49. The first-order valence-corrected chi connectivity index (χ1v) is 10.3. The molecule has 4 rings (SSSR count). The summed E-state index contributed by atoms with van der Waals surface area (Å²) in [4.78, 5) is 28.6. The number of aromatic nitrogens is 1. The van der Waals surface area contributed by atoms with Crippen LogP contribution in [0.1, 0.15) is 23.7 Å². The van der Waals surface area contributed by atoms with Crippen LogP contribution < -0.4 is 9.54 Å². The molecule has 1 aromatic heterocycles. The molecule has 1 amide bonds. The van der Waals surface area contributed by atoms with Crippen LogP contribution in [-0.4, -0.2) is 22.5 Å². The van der Waals surface area contributed by atoms with E-state index >= 15 is 0 Å². The standard InChI is InChI=1S/C22H19N3O4S/c1-3-10-24-18-9-8-16(25(27)28)13-20(18)30-22(24)23-21(26)17-11-14-6-4-5-7-15(14)12-19(17)29-2/h4-9,11-13H,3,10H2,1-2H3. The second kappa shape index (κ2) is 8.08. The van der Waals surface area contributed by atoms with Crippen LogP contribution in [0.4, 0.5) is 5.69 Å². The molecule has 0 bridgehead atoms. The Morgan fingerprint density at radius 3 is 2.57 bits per heavy atom. The van der Waals surface area contributed by atoms with Gasteiger partial charge in [0.25, 0.3) is 11.6 Å². The molecule has 0 aliphatic carbocycles. The van der Waals surface area contributed by atoms with Gasteiger partial charge in [-0.3, -0.25) is 14.9 Å². The number of aryl methyl sites for hydroxylation is 1. The predicted octanol–water partition coefficient (Wildman–Crippen LogP) is 4.92. The van der Waals surface area contributed by atoms with E-state index in [1.165, 1.54) is 30.6 Å². The number of rotatable bonds is 5. The van der Waals surface area contributed by atoms with Crippen LogP contribution in [0, 0.1) is 10.1 Å². The number of thiazole rings is 1. The van der Waals surface area contributed by atoms with Crippen LogP contribution >= 0.6 is 11.3 Å². The number of nitro groups is 1. The molecular formula is C22H19N3O4S. The molecule has 0 unspecified atom stereocenters. The summed E-state index contributed by atoms with van der Waals surface area (Å²) < 4.78 is 8.07. The molecule has 4 aromatic rings. The molecule has 7 nitrogen and oxygen atoms in total. The van der Waals surface area contributed by atoms with Gasteiger partial charge in [0.15, 0.2) is 4.80 Å². The van der Waals surface area contributed by atoms with E-state index < -0.39 is 10.8 Å². The summed E-state index contributed by atoms with van der Waals surface area (Å²) in [5.74, 6) is 0.0461. The highest BCUT2D eigenvalue weighted by atomic mass is 32.1. The van der Waals surface area contributed by atoms with E-state index in [0.29, 0.717) is 22.7 Å². The van der Waals surface area contributed by atoms with Crippen LogP contribution in [-0.2, 0) is 6.54 Å². The molecule has 0 radical (unpaired) electrons. The number of nitrogens with zero attached hydrogens (tertiary/aromatic N) is 3. The molecule has 0 fully saturated rings. The lowest BCUT2D eigenvalue weighted by Gasteiger charge is -2.08. The molecule has 1 heterocycles. The van der Waals surface area contributed by atoms with Crippen molar-refractivity contribution in [3.8, 4) is 5.75 Å². The number of amides is 1. The molecule has 3 aromatic carbocycles. The fourth-order valence-electron chi connectivity index (χ4n) is 3.40. The summed E-state index contributed by atoms with van der Waals surface area (Å²) >= 11 is 1.27.